The predicted octanol–water partition coefficient (Wildman–Crippen LogP) is 2.86. The second-order valence-electron chi connectivity index (χ2n) is 4.79. The van der Waals surface area contributed by atoms with Crippen molar-refractivity contribution in [2.24, 2.45) is 0 Å². The Balaban J connectivity index is 1.99. The van der Waals surface area contributed by atoms with E-state index in [0.717, 1.165) is 41.1 Å². The van der Waals surface area contributed by atoms with Gasteiger partial charge in [-0.25, -0.2) is 4.68 Å². The Kier molecular flexibility index (Phi) is 3.40. The van der Waals surface area contributed by atoms with E-state index in [1.807, 2.05) is 36.1 Å². The lowest BCUT2D eigenvalue weighted by Crippen LogP contribution is -2.07. The van der Waals surface area contributed by atoms with Crippen LogP contribution >= 0.6 is 12.2 Å². The summed E-state index contributed by atoms with van der Waals surface area (Å²) in [7, 11) is 0. The van der Waals surface area contributed by atoms with Crippen molar-refractivity contribution in [2.75, 3.05) is 0 Å². The number of rotatable bonds is 4. The molecule has 5 nitrogen and oxygen atoms in total. The normalized spacial score (nSPS) is 11.3. The standard InChI is InChI=1S/C14H17N5S/c1-3-19-13-12(10(2)17-19)16-14(20)18(13)9-6-11-4-7-15-8-5-11/h4-5,7-8H,3,6,9H2,1-2H3,(H,16,20). The molecule has 1 N–H and O–H groups in total. The average molecular weight is 287 g/mol. The van der Waals surface area contributed by atoms with Crippen LogP contribution in [0.1, 0.15) is 18.2 Å². The highest BCUT2D eigenvalue weighted by Crippen LogP contribution is 2.18. The van der Waals surface area contributed by atoms with E-state index in [-0.39, 0.29) is 0 Å². The molecule has 0 radical (unpaired) electrons. The average Bonchev–Trinajstić information content (AvgIpc) is 2.95. The molecule has 0 aromatic carbocycles. The van der Waals surface area contributed by atoms with Crippen LogP contribution in [0.5, 0.6) is 0 Å². The Morgan fingerprint density at radius 3 is 2.75 bits per heavy atom. The Hall–Kier alpha value is -1.95. The van der Waals surface area contributed by atoms with E-state index in [2.05, 4.69) is 26.6 Å². The number of hydrogen-bond acceptors (Lipinski definition) is 3. The van der Waals surface area contributed by atoms with E-state index in [4.69, 9.17) is 12.2 Å². The van der Waals surface area contributed by atoms with Crippen molar-refractivity contribution in [3.8, 4) is 0 Å². The monoisotopic (exact) mass is 287 g/mol. The molecule has 0 fully saturated rings. The number of aromatic nitrogens is 5. The first-order chi connectivity index (χ1) is 9.70. The molecule has 6 heteroatoms. The van der Waals surface area contributed by atoms with Gasteiger partial charge in [0.15, 0.2) is 10.4 Å². The maximum atomic E-state index is 5.44. The van der Waals surface area contributed by atoms with Crippen molar-refractivity contribution < 1.29 is 0 Å². The maximum Gasteiger partial charge on any atom is 0.179 e. The Morgan fingerprint density at radius 2 is 2.05 bits per heavy atom. The minimum Gasteiger partial charge on any atom is -0.328 e. The molecule has 0 bridgehead atoms. The Labute approximate surface area is 122 Å². The zero-order chi connectivity index (χ0) is 14.1. The number of H-pyrrole nitrogens is 1. The summed E-state index contributed by atoms with van der Waals surface area (Å²) in [6.45, 7) is 5.78. The molecule has 0 unspecified atom stereocenters. The van der Waals surface area contributed by atoms with Crippen molar-refractivity contribution in [3.05, 3.63) is 40.6 Å². The van der Waals surface area contributed by atoms with Gasteiger partial charge in [-0.15, -0.1) is 0 Å². The summed E-state index contributed by atoms with van der Waals surface area (Å²) in [4.78, 5) is 7.31. The molecule has 3 rings (SSSR count). The molecule has 0 aliphatic heterocycles. The summed E-state index contributed by atoms with van der Waals surface area (Å²) in [6, 6.07) is 4.08. The summed E-state index contributed by atoms with van der Waals surface area (Å²) in [5.74, 6) is 0. The first-order valence-corrected chi connectivity index (χ1v) is 7.16. The number of nitrogens with zero attached hydrogens (tertiary/aromatic N) is 4. The lowest BCUT2D eigenvalue weighted by atomic mass is 10.2. The summed E-state index contributed by atoms with van der Waals surface area (Å²) in [6.07, 6.45) is 4.57. The third-order valence-corrected chi connectivity index (χ3v) is 3.83. The van der Waals surface area contributed by atoms with Crippen LogP contribution < -0.4 is 0 Å². The fourth-order valence-electron chi connectivity index (χ4n) is 2.48. The Bertz CT molecular complexity index is 781. The minimum absolute atomic E-state index is 0.761. The molecule has 0 amide bonds. The molecule has 20 heavy (non-hydrogen) atoms. The van der Waals surface area contributed by atoms with E-state index in [1.54, 1.807) is 0 Å². The molecule has 0 aliphatic rings. The van der Waals surface area contributed by atoms with Crippen molar-refractivity contribution in [1.29, 1.82) is 0 Å². The quantitative estimate of drug-likeness (QED) is 0.751. The number of imidazole rings is 1. The molecule has 0 atom stereocenters. The van der Waals surface area contributed by atoms with Gasteiger partial charge >= 0.3 is 0 Å². The van der Waals surface area contributed by atoms with Gasteiger partial charge in [0.05, 0.1) is 5.69 Å². The highest BCUT2D eigenvalue weighted by atomic mass is 32.1. The first kappa shape index (κ1) is 13.1. The molecular formula is C14H17N5S. The smallest absolute Gasteiger partial charge is 0.179 e. The molecule has 3 heterocycles. The number of fused-ring (bicyclic) bond motifs is 1. The number of hydrogen-bond donors (Lipinski definition) is 1. The van der Waals surface area contributed by atoms with Gasteiger partial charge in [0.1, 0.15) is 5.52 Å². The van der Waals surface area contributed by atoms with Gasteiger partial charge in [0.25, 0.3) is 0 Å². The van der Waals surface area contributed by atoms with Crippen LogP contribution in [0.4, 0.5) is 0 Å². The summed E-state index contributed by atoms with van der Waals surface area (Å²) >= 11 is 5.44. The molecule has 104 valence electrons. The van der Waals surface area contributed by atoms with Crippen LogP contribution in [0.3, 0.4) is 0 Å². The predicted molar refractivity (Wildman–Crippen MR) is 81.3 cm³/mol. The van der Waals surface area contributed by atoms with E-state index >= 15 is 0 Å². The fourth-order valence-corrected chi connectivity index (χ4v) is 2.76. The molecule has 0 spiro atoms. The van der Waals surface area contributed by atoms with E-state index in [0.29, 0.717) is 0 Å². The van der Waals surface area contributed by atoms with Crippen LogP contribution in [-0.2, 0) is 19.5 Å². The van der Waals surface area contributed by atoms with Crippen molar-refractivity contribution in [3.63, 3.8) is 0 Å². The molecule has 0 saturated heterocycles. The van der Waals surface area contributed by atoms with Gasteiger partial charge < -0.3 is 9.55 Å². The third-order valence-electron chi connectivity index (χ3n) is 3.51. The second-order valence-corrected chi connectivity index (χ2v) is 5.17. The van der Waals surface area contributed by atoms with E-state index in [9.17, 15) is 0 Å². The van der Waals surface area contributed by atoms with Crippen LogP contribution in [0, 0.1) is 11.7 Å². The van der Waals surface area contributed by atoms with E-state index < -0.39 is 0 Å². The highest BCUT2D eigenvalue weighted by Gasteiger charge is 2.13. The lowest BCUT2D eigenvalue weighted by Gasteiger charge is -2.06. The fraction of sp³-hybridized carbons (Fsp3) is 0.357. The van der Waals surface area contributed by atoms with Crippen LogP contribution in [0.25, 0.3) is 11.2 Å². The lowest BCUT2D eigenvalue weighted by molar-refractivity contribution is 0.623. The molecular weight excluding hydrogens is 270 g/mol. The Morgan fingerprint density at radius 1 is 1.30 bits per heavy atom. The first-order valence-electron chi connectivity index (χ1n) is 6.75. The third kappa shape index (κ3) is 2.16. The molecule has 3 aromatic rings. The van der Waals surface area contributed by atoms with Gasteiger partial charge in [-0.2, -0.15) is 5.10 Å². The summed E-state index contributed by atoms with van der Waals surface area (Å²) in [5.41, 5.74) is 4.39. The van der Waals surface area contributed by atoms with Crippen molar-refractivity contribution >= 4 is 23.4 Å². The van der Waals surface area contributed by atoms with Gasteiger partial charge in [-0.1, -0.05) is 0 Å². The zero-order valence-corrected chi connectivity index (χ0v) is 12.4. The summed E-state index contributed by atoms with van der Waals surface area (Å²) < 4.78 is 4.90. The van der Waals surface area contributed by atoms with E-state index in [1.165, 1.54) is 5.56 Å². The van der Waals surface area contributed by atoms with Crippen molar-refractivity contribution in [2.45, 2.75) is 33.4 Å². The highest BCUT2D eigenvalue weighted by molar-refractivity contribution is 7.71. The summed E-state index contributed by atoms with van der Waals surface area (Å²) in [5, 5.41) is 4.53. The van der Waals surface area contributed by atoms with Crippen LogP contribution in [0.15, 0.2) is 24.5 Å². The SMILES string of the molecule is CCn1nc(C)c2[nH]c(=S)n(CCc3ccncc3)c21. The van der Waals surface area contributed by atoms with Gasteiger partial charge in [-0.05, 0) is 50.2 Å². The molecule has 0 saturated carbocycles. The number of aryl methyl sites for hydroxylation is 4. The van der Waals surface area contributed by atoms with Crippen LogP contribution in [-0.4, -0.2) is 24.3 Å². The molecule has 0 aliphatic carbocycles. The number of nitrogens with one attached hydrogen (secondary N) is 1. The largest absolute Gasteiger partial charge is 0.328 e. The van der Waals surface area contributed by atoms with Crippen molar-refractivity contribution in [1.82, 2.24) is 24.3 Å². The number of pyridine rings is 1. The maximum absolute atomic E-state index is 5.44. The van der Waals surface area contributed by atoms with Gasteiger partial charge in [0, 0.05) is 25.5 Å². The van der Waals surface area contributed by atoms with Gasteiger partial charge in [-0.3, -0.25) is 4.98 Å². The van der Waals surface area contributed by atoms with Crippen LogP contribution in [0.2, 0.25) is 0 Å². The second kappa shape index (κ2) is 5.20. The zero-order valence-electron chi connectivity index (χ0n) is 11.6. The van der Waals surface area contributed by atoms with Gasteiger partial charge in [0.2, 0.25) is 0 Å². The molecule has 3 aromatic heterocycles. The topological polar surface area (TPSA) is 51.4 Å². The minimum atomic E-state index is 0.761. The number of aromatic amines is 1.